The number of esters is 1. The van der Waals surface area contributed by atoms with Gasteiger partial charge in [-0.2, -0.15) is 0 Å². The van der Waals surface area contributed by atoms with Crippen LogP contribution in [0.1, 0.15) is 16.2 Å². The Labute approximate surface area is 85.1 Å². The summed E-state index contributed by atoms with van der Waals surface area (Å²) in [7, 11) is 1.31. The van der Waals surface area contributed by atoms with Gasteiger partial charge in [0.1, 0.15) is 6.61 Å². The number of aromatic nitrogens is 3. The molecule has 2 heterocycles. The van der Waals surface area contributed by atoms with Gasteiger partial charge >= 0.3 is 5.97 Å². The molecule has 0 aliphatic carbocycles. The van der Waals surface area contributed by atoms with Crippen LogP contribution >= 0.6 is 0 Å². The second kappa shape index (κ2) is 3.66. The number of methoxy groups -OCH3 is 1. The molecule has 6 heteroatoms. The van der Waals surface area contributed by atoms with Gasteiger partial charge in [-0.25, -0.2) is 4.79 Å². The summed E-state index contributed by atoms with van der Waals surface area (Å²) in [6, 6.07) is 3.14. The van der Waals surface area contributed by atoms with Gasteiger partial charge in [0.15, 0.2) is 11.5 Å². The number of hydrogen-bond acceptors (Lipinski definition) is 5. The smallest absolute Gasteiger partial charge is 0.338 e. The van der Waals surface area contributed by atoms with E-state index in [4.69, 9.17) is 5.11 Å². The van der Waals surface area contributed by atoms with Gasteiger partial charge in [0, 0.05) is 6.20 Å². The first kappa shape index (κ1) is 9.60. The molecule has 1 N–H and O–H groups in total. The van der Waals surface area contributed by atoms with Crippen molar-refractivity contribution in [1.29, 1.82) is 0 Å². The van der Waals surface area contributed by atoms with Crippen LogP contribution in [-0.4, -0.2) is 32.8 Å². The molecule has 0 unspecified atom stereocenters. The summed E-state index contributed by atoms with van der Waals surface area (Å²) in [5, 5.41) is 16.5. The second-order valence-electron chi connectivity index (χ2n) is 2.91. The summed E-state index contributed by atoms with van der Waals surface area (Å²) < 4.78 is 6.18. The zero-order chi connectivity index (χ0) is 10.8. The number of nitrogens with zero attached hydrogens (tertiary/aromatic N) is 3. The van der Waals surface area contributed by atoms with Crippen LogP contribution < -0.4 is 0 Å². The van der Waals surface area contributed by atoms with Crippen molar-refractivity contribution in [3.8, 4) is 0 Å². The maximum Gasteiger partial charge on any atom is 0.338 e. The topological polar surface area (TPSA) is 76.7 Å². The van der Waals surface area contributed by atoms with Crippen LogP contribution in [0.15, 0.2) is 18.3 Å². The molecule has 0 spiro atoms. The van der Waals surface area contributed by atoms with Gasteiger partial charge < -0.3 is 9.84 Å². The molecule has 15 heavy (non-hydrogen) atoms. The normalized spacial score (nSPS) is 10.5. The summed E-state index contributed by atoms with van der Waals surface area (Å²) in [4.78, 5) is 11.2. The van der Waals surface area contributed by atoms with E-state index in [0.717, 1.165) is 0 Å². The number of hydrogen-bond donors (Lipinski definition) is 1. The number of aliphatic hydroxyl groups is 1. The summed E-state index contributed by atoms with van der Waals surface area (Å²) in [6.07, 6.45) is 1.62. The maximum atomic E-state index is 11.2. The Morgan fingerprint density at radius 1 is 1.60 bits per heavy atom. The molecule has 2 aromatic heterocycles. The monoisotopic (exact) mass is 207 g/mol. The Bertz CT molecular complexity index is 506. The molecule has 0 saturated carbocycles. The van der Waals surface area contributed by atoms with E-state index in [1.807, 2.05) is 0 Å². The van der Waals surface area contributed by atoms with Crippen molar-refractivity contribution in [3.63, 3.8) is 0 Å². The Morgan fingerprint density at radius 2 is 2.40 bits per heavy atom. The van der Waals surface area contributed by atoms with Gasteiger partial charge in [-0.05, 0) is 12.1 Å². The van der Waals surface area contributed by atoms with E-state index in [9.17, 15) is 4.79 Å². The second-order valence-corrected chi connectivity index (χ2v) is 2.91. The molecule has 0 aromatic carbocycles. The number of ether oxygens (including phenoxy) is 1. The minimum atomic E-state index is -0.425. The van der Waals surface area contributed by atoms with Gasteiger partial charge in [-0.3, -0.25) is 4.40 Å². The summed E-state index contributed by atoms with van der Waals surface area (Å²) in [5.41, 5.74) is 0.906. The minimum Gasteiger partial charge on any atom is -0.465 e. The average molecular weight is 207 g/mol. The molecule has 78 valence electrons. The summed E-state index contributed by atoms with van der Waals surface area (Å²) in [6.45, 7) is -0.196. The zero-order valence-corrected chi connectivity index (χ0v) is 8.04. The maximum absolute atomic E-state index is 11.2. The first-order valence-electron chi connectivity index (χ1n) is 4.29. The SMILES string of the molecule is COC(=O)c1ccn2c(CO)nnc2c1. The van der Waals surface area contributed by atoms with Crippen LogP contribution in [0.4, 0.5) is 0 Å². The lowest BCUT2D eigenvalue weighted by Gasteiger charge is -1.99. The van der Waals surface area contributed by atoms with Crippen LogP contribution in [0.5, 0.6) is 0 Å². The van der Waals surface area contributed by atoms with Gasteiger partial charge in [-0.1, -0.05) is 0 Å². The fraction of sp³-hybridized carbons (Fsp3) is 0.222. The average Bonchev–Trinajstić information content (AvgIpc) is 2.69. The molecule has 0 fully saturated rings. The Balaban J connectivity index is 2.53. The predicted molar refractivity (Wildman–Crippen MR) is 50.2 cm³/mol. The predicted octanol–water partition coefficient (Wildman–Crippen LogP) is 0.00820. The third-order valence-corrected chi connectivity index (χ3v) is 2.04. The van der Waals surface area contributed by atoms with Crippen LogP contribution in [0.3, 0.4) is 0 Å². The molecule has 0 bridgehead atoms. The van der Waals surface area contributed by atoms with Crippen molar-refractivity contribution in [2.24, 2.45) is 0 Å². The number of fused-ring (bicyclic) bond motifs is 1. The molecule has 0 radical (unpaired) electrons. The van der Waals surface area contributed by atoms with Crippen LogP contribution in [-0.2, 0) is 11.3 Å². The summed E-state index contributed by atoms with van der Waals surface area (Å²) >= 11 is 0. The van der Waals surface area contributed by atoms with Crippen molar-refractivity contribution in [2.75, 3.05) is 7.11 Å². The Morgan fingerprint density at radius 3 is 3.07 bits per heavy atom. The molecule has 0 atom stereocenters. The van der Waals surface area contributed by atoms with E-state index in [1.54, 1.807) is 22.7 Å². The molecular weight excluding hydrogens is 198 g/mol. The number of carbonyl (C=O) groups is 1. The largest absolute Gasteiger partial charge is 0.465 e. The van der Waals surface area contributed by atoms with E-state index in [-0.39, 0.29) is 6.61 Å². The highest BCUT2D eigenvalue weighted by atomic mass is 16.5. The number of rotatable bonds is 2. The number of pyridine rings is 1. The fourth-order valence-electron chi connectivity index (χ4n) is 1.29. The number of aliphatic hydroxyl groups excluding tert-OH is 1. The first-order chi connectivity index (χ1) is 7.26. The molecular formula is C9H9N3O3. The molecule has 0 saturated heterocycles. The third-order valence-electron chi connectivity index (χ3n) is 2.04. The molecule has 2 aromatic rings. The van der Waals surface area contributed by atoms with Crippen molar-refractivity contribution in [3.05, 3.63) is 29.7 Å². The van der Waals surface area contributed by atoms with Gasteiger partial charge in [-0.15, -0.1) is 10.2 Å². The van der Waals surface area contributed by atoms with E-state index < -0.39 is 5.97 Å². The molecule has 0 aliphatic heterocycles. The van der Waals surface area contributed by atoms with Crippen LogP contribution in [0.25, 0.3) is 5.65 Å². The highest BCUT2D eigenvalue weighted by Crippen LogP contribution is 2.08. The molecule has 6 nitrogen and oxygen atoms in total. The Hall–Kier alpha value is -1.95. The lowest BCUT2D eigenvalue weighted by molar-refractivity contribution is 0.0600. The van der Waals surface area contributed by atoms with Gasteiger partial charge in [0.2, 0.25) is 0 Å². The first-order valence-corrected chi connectivity index (χ1v) is 4.29. The molecule has 0 aliphatic rings. The highest BCUT2D eigenvalue weighted by Gasteiger charge is 2.09. The van der Waals surface area contributed by atoms with Crippen molar-refractivity contribution in [1.82, 2.24) is 14.6 Å². The van der Waals surface area contributed by atoms with Gasteiger partial charge in [0.25, 0.3) is 0 Å². The standard InChI is InChI=1S/C9H9N3O3/c1-15-9(14)6-2-3-12-7(4-6)10-11-8(12)5-13/h2-4,13H,5H2,1H3. The van der Waals surface area contributed by atoms with Crippen LogP contribution in [0, 0.1) is 0 Å². The van der Waals surface area contributed by atoms with Crippen molar-refractivity contribution in [2.45, 2.75) is 6.61 Å². The van der Waals surface area contributed by atoms with E-state index in [1.165, 1.54) is 7.11 Å². The zero-order valence-electron chi connectivity index (χ0n) is 8.04. The Kier molecular flexibility index (Phi) is 2.34. The molecule has 2 rings (SSSR count). The van der Waals surface area contributed by atoms with Crippen molar-refractivity contribution >= 4 is 11.6 Å². The van der Waals surface area contributed by atoms with E-state index in [0.29, 0.717) is 17.0 Å². The minimum absolute atomic E-state index is 0.196. The van der Waals surface area contributed by atoms with Crippen LogP contribution in [0.2, 0.25) is 0 Å². The molecule has 0 amide bonds. The quantitative estimate of drug-likeness (QED) is 0.702. The fourth-order valence-corrected chi connectivity index (χ4v) is 1.29. The van der Waals surface area contributed by atoms with E-state index >= 15 is 0 Å². The highest BCUT2D eigenvalue weighted by molar-refractivity contribution is 5.90. The van der Waals surface area contributed by atoms with Gasteiger partial charge in [0.05, 0.1) is 12.7 Å². The lowest BCUT2D eigenvalue weighted by Crippen LogP contribution is -2.02. The number of carbonyl (C=O) groups excluding carboxylic acids is 1. The third kappa shape index (κ3) is 1.55. The van der Waals surface area contributed by atoms with Crippen molar-refractivity contribution < 1.29 is 14.6 Å². The lowest BCUT2D eigenvalue weighted by atomic mass is 10.3. The van der Waals surface area contributed by atoms with E-state index in [2.05, 4.69) is 14.9 Å². The summed E-state index contributed by atoms with van der Waals surface area (Å²) in [5.74, 6) is 0.00691.